The lowest BCUT2D eigenvalue weighted by Crippen LogP contribution is -2.43. The molecule has 0 bridgehead atoms. The van der Waals surface area contributed by atoms with Gasteiger partial charge in [0, 0.05) is 25.6 Å². The van der Waals surface area contributed by atoms with E-state index in [1.807, 2.05) is 6.92 Å². The molecule has 6 nitrogen and oxygen atoms in total. The SMILES string of the molecule is CC(CC(N)=O)N1CCOCC1.O=C(O)C(F)(F)F. The Morgan fingerprint density at radius 2 is 1.79 bits per heavy atom. The molecule has 1 rings (SSSR count). The highest BCUT2D eigenvalue weighted by Gasteiger charge is 2.38. The van der Waals surface area contributed by atoms with Crippen LogP contribution in [0.3, 0.4) is 0 Å². The Labute approximate surface area is 108 Å². The minimum atomic E-state index is -5.08. The number of aliphatic carboxylic acids is 1. The number of rotatable bonds is 3. The number of morpholine rings is 1. The first kappa shape index (κ1) is 17.6. The normalized spacial score (nSPS) is 18.1. The summed E-state index contributed by atoms with van der Waals surface area (Å²) in [5.74, 6) is -2.98. The first-order chi connectivity index (χ1) is 8.64. The topological polar surface area (TPSA) is 92.9 Å². The van der Waals surface area contributed by atoms with Gasteiger partial charge in [-0.1, -0.05) is 0 Å². The minimum absolute atomic E-state index is 0.228. The fourth-order valence-electron chi connectivity index (χ4n) is 1.44. The summed E-state index contributed by atoms with van der Waals surface area (Å²) >= 11 is 0. The van der Waals surface area contributed by atoms with Gasteiger partial charge in [-0.3, -0.25) is 9.69 Å². The Morgan fingerprint density at radius 1 is 1.37 bits per heavy atom. The number of amides is 1. The molecule has 1 saturated heterocycles. The monoisotopic (exact) mass is 286 g/mol. The van der Waals surface area contributed by atoms with Crippen LogP contribution in [0.25, 0.3) is 0 Å². The van der Waals surface area contributed by atoms with Crippen molar-refractivity contribution in [1.82, 2.24) is 4.90 Å². The molecule has 1 atom stereocenters. The molecule has 0 saturated carbocycles. The molecule has 0 aromatic carbocycles. The van der Waals surface area contributed by atoms with Gasteiger partial charge in [-0.2, -0.15) is 13.2 Å². The number of carboxylic acid groups (broad SMARTS) is 1. The van der Waals surface area contributed by atoms with E-state index in [1.165, 1.54) is 0 Å². The fraction of sp³-hybridized carbons (Fsp3) is 0.800. The molecule has 1 aliphatic heterocycles. The maximum atomic E-state index is 10.6. The molecule has 1 aliphatic rings. The number of hydrogen-bond donors (Lipinski definition) is 2. The van der Waals surface area contributed by atoms with Gasteiger partial charge in [0.05, 0.1) is 13.2 Å². The first-order valence-electron chi connectivity index (χ1n) is 5.54. The van der Waals surface area contributed by atoms with Crippen LogP contribution in [0, 0.1) is 0 Å². The van der Waals surface area contributed by atoms with Crippen LogP contribution in [0.5, 0.6) is 0 Å². The van der Waals surface area contributed by atoms with E-state index in [2.05, 4.69) is 4.90 Å². The average Bonchev–Trinajstić information content (AvgIpc) is 2.28. The zero-order valence-corrected chi connectivity index (χ0v) is 10.4. The minimum Gasteiger partial charge on any atom is -0.475 e. The van der Waals surface area contributed by atoms with Crippen LogP contribution in [0.15, 0.2) is 0 Å². The first-order valence-corrected chi connectivity index (χ1v) is 5.54. The van der Waals surface area contributed by atoms with E-state index in [4.69, 9.17) is 20.4 Å². The van der Waals surface area contributed by atoms with Crippen molar-refractivity contribution in [2.75, 3.05) is 26.3 Å². The third-order valence-corrected chi connectivity index (χ3v) is 2.41. The van der Waals surface area contributed by atoms with Crippen molar-refractivity contribution >= 4 is 11.9 Å². The Morgan fingerprint density at radius 3 is 2.11 bits per heavy atom. The number of carboxylic acids is 1. The number of carbonyl (C=O) groups excluding carboxylic acids is 1. The predicted molar refractivity (Wildman–Crippen MR) is 59.4 cm³/mol. The number of ether oxygens (including phenoxy) is 1. The van der Waals surface area contributed by atoms with Crippen LogP contribution in [0.4, 0.5) is 13.2 Å². The number of alkyl halides is 3. The highest BCUT2D eigenvalue weighted by molar-refractivity contribution is 5.74. The van der Waals surface area contributed by atoms with Gasteiger partial charge in [-0.25, -0.2) is 4.79 Å². The molecule has 3 N–H and O–H groups in total. The zero-order valence-electron chi connectivity index (χ0n) is 10.4. The van der Waals surface area contributed by atoms with Crippen molar-refractivity contribution in [2.45, 2.75) is 25.6 Å². The zero-order chi connectivity index (χ0) is 15.1. The molecule has 1 unspecified atom stereocenters. The van der Waals surface area contributed by atoms with Gasteiger partial charge in [0.25, 0.3) is 0 Å². The van der Waals surface area contributed by atoms with Crippen molar-refractivity contribution in [3.05, 3.63) is 0 Å². The molecule has 19 heavy (non-hydrogen) atoms. The number of halogens is 3. The van der Waals surface area contributed by atoms with E-state index >= 15 is 0 Å². The van der Waals surface area contributed by atoms with Crippen LogP contribution >= 0.6 is 0 Å². The summed E-state index contributed by atoms with van der Waals surface area (Å²) in [6.45, 7) is 5.38. The van der Waals surface area contributed by atoms with Gasteiger partial charge < -0.3 is 15.6 Å². The summed E-state index contributed by atoms with van der Waals surface area (Å²) in [5.41, 5.74) is 5.10. The Kier molecular flexibility index (Phi) is 7.38. The second kappa shape index (κ2) is 7.95. The lowest BCUT2D eigenvalue weighted by molar-refractivity contribution is -0.192. The smallest absolute Gasteiger partial charge is 0.475 e. The summed E-state index contributed by atoms with van der Waals surface area (Å²) in [6.07, 6.45) is -4.64. The molecule has 0 radical (unpaired) electrons. The summed E-state index contributed by atoms with van der Waals surface area (Å²) in [6, 6.07) is 0.256. The van der Waals surface area contributed by atoms with Crippen molar-refractivity contribution in [1.29, 1.82) is 0 Å². The van der Waals surface area contributed by atoms with Gasteiger partial charge in [-0.15, -0.1) is 0 Å². The number of carbonyl (C=O) groups is 2. The van der Waals surface area contributed by atoms with Crippen molar-refractivity contribution in [3.63, 3.8) is 0 Å². The molecule has 0 spiro atoms. The highest BCUT2D eigenvalue weighted by atomic mass is 19.4. The Balaban J connectivity index is 0.000000399. The Hall–Kier alpha value is -1.35. The number of nitrogens with zero attached hydrogens (tertiary/aromatic N) is 1. The number of nitrogens with two attached hydrogens (primary N) is 1. The maximum absolute atomic E-state index is 10.6. The Bertz CT molecular complexity index is 304. The third kappa shape index (κ3) is 8.38. The van der Waals surface area contributed by atoms with E-state index in [9.17, 15) is 18.0 Å². The predicted octanol–water partition coefficient (Wildman–Crippen LogP) is 0.216. The standard InChI is InChI=1S/C8H16N2O2.C2HF3O2/c1-7(6-8(9)11)10-2-4-12-5-3-10;3-2(4,5)1(6)7/h7H,2-6H2,1H3,(H2,9,11);(H,6,7). The van der Waals surface area contributed by atoms with Crippen LogP contribution in [-0.2, 0) is 14.3 Å². The van der Waals surface area contributed by atoms with E-state index in [1.54, 1.807) is 0 Å². The summed E-state index contributed by atoms with van der Waals surface area (Å²) in [5, 5.41) is 7.12. The summed E-state index contributed by atoms with van der Waals surface area (Å²) in [7, 11) is 0. The largest absolute Gasteiger partial charge is 0.490 e. The van der Waals surface area contributed by atoms with E-state index in [0.717, 1.165) is 26.3 Å². The lowest BCUT2D eigenvalue weighted by Gasteiger charge is -2.31. The molecule has 1 fully saturated rings. The van der Waals surface area contributed by atoms with Gasteiger partial charge in [0.1, 0.15) is 0 Å². The van der Waals surface area contributed by atoms with Gasteiger partial charge >= 0.3 is 12.1 Å². The third-order valence-electron chi connectivity index (χ3n) is 2.41. The van der Waals surface area contributed by atoms with E-state index in [0.29, 0.717) is 6.42 Å². The number of primary amides is 1. The van der Waals surface area contributed by atoms with Crippen LogP contribution in [-0.4, -0.2) is 60.4 Å². The molecule has 1 amide bonds. The average molecular weight is 286 g/mol. The quantitative estimate of drug-likeness (QED) is 0.774. The van der Waals surface area contributed by atoms with Crippen LogP contribution in [0.2, 0.25) is 0 Å². The van der Waals surface area contributed by atoms with Crippen molar-refractivity contribution in [3.8, 4) is 0 Å². The van der Waals surface area contributed by atoms with Gasteiger partial charge in [-0.05, 0) is 6.92 Å². The van der Waals surface area contributed by atoms with E-state index in [-0.39, 0.29) is 11.9 Å². The van der Waals surface area contributed by atoms with Gasteiger partial charge in [0.15, 0.2) is 0 Å². The molecular weight excluding hydrogens is 269 g/mol. The van der Waals surface area contributed by atoms with Crippen LogP contribution in [0.1, 0.15) is 13.3 Å². The summed E-state index contributed by atoms with van der Waals surface area (Å²) in [4.78, 5) is 21.7. The lowest BCUT2D eigenvalue weighted by atomic mass is 10.2. The second-order valence-electron chi connectivity index (χ2n) is 3.97. The molecular formula is C10H17F3N2O4. The van der Waals surface area contributed by atoms with Gasteiger partial charge in [0.2, 0.25) is 5.91 Å². The highest BCUT2D eigenvalue weighted by Crippen LogP contribution is 2.13. The molecule has 0 aromatic heterocycles. The summed E-state index contributed by atoms with van der Waals surface area (Å²) < 4.78 is 36.9. The molecule has 9 heteroatoms. The van der Waals surface area contributed by atoms with Crippen molar-refractivity contribution in [2.24, 2.45) is 5.73 Å². The molecule has 0 aliphatic carbocycles. The molecule has 112 valence electrons. The molecule has 1 heterocycles. The van der Waals surface area contributed by atoms with E-state index < -0.39 is 12.1 Å². The molecule has 0 aromatic rings. The fourth-order valence-corrected chi connectivity index (χ4v) is 1.44. The maximum Gasteiger partial charge on any atom is 0.490 e. The number of hydrogen-bond acceptors (Lipinski definition) is 4. The van der Waals surface area contributed by atoms with Crippen LogP contribution < -0.4 is 5.73 Å². The second-order valence-corrected chi connectivity index (χ2v) is 3.97. The van der Waals surface area contributed by atoms with Crippen molar-refractivity contribution < 1.29 is 32.6 Å².